The molecule has 5 heavy (non-hydrogen) atoms. The van der Waals surface area contributed by atoms with Crippen molar-refractivity contribution in [1.82, 2.24) is 0 Å². The monoisotopic (exact) mass is 209 g/mol. The SMILES string of the molecule is [Cu].[LiH].[Ni].[O]=[Zn]. The van der Waals surface area contributed by atoms with E-state index < -0.39 is 0 Å². The van der Waals surface area contributed by atoms with Gasteiger partial charge >= 0.3 is 40.7 Å². The Bertz CT molecular complexity index is 11.6. The van der Waals surface area contributed by atoms with Crippen LogP contribution in [0.2, 0.25) is 0 Å². The van der Waals surface area contributed by atoms with Gasteiger partial charge in [-0.25, -0.2) is 0 Å². The van der Waals surface area contributed by atoms with E-state index in [-0.39, 0.29) is 70.7 Å². The van der Waals surface area contributed by atoms with E-state index in [9.17, 15) is 0 Å². The molecule has 0 aromatic heterocycles. The van der Waals surface area contributed by atoms with Crippen molar-refractivity contribution >= 4 is 18.9 Å². The summed E-state index contributed by atoms with van der Waals surface area (Å²) in [5.41, 5.74) is 0. The Morgan fingerprint density at radius 2 is 1.20 bits per heavy atom. The molecule has 0 N–H and O–H groups in total. The van der Waals surface area contributed by atoms with Gasteiger partial charge in [-0.3, -0.25) is 0 Å². The first-order valence-electron chi connectivity index (χ1n) is 0.289. The molecule has 0 aliphatic carbocycles. The number of hydrogen-bond acceptors (Lipinski definition) is 1. The summed E-state index contributed by atoms with van der Waals surface area (Å²) in [6.45, 7) is 0. The third-order valence-corrected chi connectivity index (χ3v) is 0. The minimum absolute atomic E-state index is 0. The Morgan fingerprint density at radius 3 is 1.20 bits per heavy atom. The van der Waals surface area contributed by atoms with Crippen molar-refractivity contribution in [3.63, 3.8) is 0 Å². The van der Waals surface area contributed by atoms with Crippen molar-refractivity contribution in [2.45, 2.75) is 0 Å². The molecular formula is HCuLiNiOZn. The fourth-order valence-corrected chi connectivity index (χ4v) is 0. The third kappa shape index (κ3) is 23.7. The van der Waals surface area contributed by atoms with Crippen molar-refractivity contribution in [2.24, 2.45) is 0 Å². The van der Waals surface area contributed by atoms with E-state index in [1.165, 1.54) is 0 Å². The molecule has 0 bridgehead atoms. The van der Waals surface area contributed by atoms with Crippen molar-refractivity contribution in [1.29, 1.82) is 0 Å². The summed E-state index contributed by atoms with van der Waals surface area (Å²) in [6.07, 6.45) is 0. The summed E-state index contributed by atoms with van der Waals surface area (Å²) in [5, 5.41) is 0. The van der Waals surface area contributed by atoms with Crippen LogP contribution in [-0.2, 0) is 55.4 Å². The quantitative estimate of drug-likeness (QED) is 0.481. The normalized spacial score (nSPS) is 1.20. The van der Waals surface area contributed by atoms with Gasteiger partial charge in [-0.15, -0.1) is 0 Å². The van der Waals surface area contributed by atoms with E-state index in [4.69, 9.17) is 3.57 Å². The van der Waals surface area contributed by atoms with E-state index in [1.807, 2.05) is 0 Å². The summed E-state index contributed by atoms with van der Waals surface area (Å²) >= 11 is 0.125. The van der Waals surface area contributed by atoms with Crippen LogP contribution in [-0.4, -0.2) is 18.9 Å². The molecular weight excluding hydrogens is 211 g/mol. The molecule has 0 heterocycles. The van der Waals surface area contributed by atoms with Gasteiger partial charge in [-0.1, -0.05) is 0 Å². The number of rotatable bonds is 0. The molecule has 0 saturated carbocycles. The van der Waals surface area contributed by atoms with Gasteiger partial charge in [0.05, 0.1) is 0 Å². The molecule has 0 aliphatic rings. The van der Waals surface area contributed by atoms with E-state index in [1.54, 1.807) is 0 Å². The van der Waals surface area contributed by atoms with Crippen LogP contribution in [0.4, 0.5) is 0 Å². The minimum atomic E-state index is 0. The Morgan fingerprint density at radius 1 is 1.20 bits per heavy atom. The third-order valence-electron chi connectivity index (χ3n) is 0. The molecule has 0 amide bonds. The zero-order valence-electron chi connectivity index (χ0n) is 1.73. The van der Waals surface area contributed by atoms with Crippen molar-refractivity contribution in [3.05, 3.63) is 0 Å². The van der Waals surface area contributed by atoms with Crippen LogP contribution >= 0.6 is 0 Å². The van der Waals surface area contributed by atoms with Gasteiger partial charge in [-0.05, 0) is 0 Å². The van der Waals surface area contributed by atoms with Gasteiger partial charge in [0.2, 0.25) is 0 Å². The van der Waals surface area contributed by atoms with Gasteiger partial charge in [0.15, 0.2) is 0 Å². The van der Waals surface area contributed by atoms with Crippen LogP contribution in [0, 0.1) is 0 Å². The zero-order chi connectivity index (χ0) is 2.00. The second kappa shape index (κ2) is 37.0. The van der Waals surface area contributed by atoms with Crippen LogP contribution in [0.15, 0.2) is 0 Å². The van der Waals surface area contributed by atoms with Crippen molar-refractivity contribution in [2.75, 3.05) is 0 Å². The van der Waals surface area contributed by atoms with Crippen LogP contribution in [0.3, 0.4) is 0 Å². The Hall–Kier alpha value is 2.03. The summed E-state index contributed by atoms with van der Waals surface area (Å²) in [6, 6.07) is 0. The Labute approximate surface area is 73.5 Å². The van der Waals surface area contributed by atoms with E-state index in [2.05, 4.69) is 0 Å². The van der Waals surface area contributed by atoms with Gasteiger partial charge in [0.1, 0.15) is 0 Å². The maximum absolute atomic E-state index is 8.38. The van der Waals surface area contributed by atoms with Gasteiger partial charge < -0.3 is 0 Å². The van der Waals surface area contributed by atoms with Crippen molar-refractivity contribution in [3.8, 4) is 0 Å². The summed E-state index contributed by atoms with van der Waals surface area (Å²) in [7, 11) is 0. The first-order chi connectivity index (χ1) is 1.00. The van der Waals surface area contributed by atoms with Gasteiger partial charge in [0.25, 0.3) is 0 Å². The van der Waals surface area contributed by atoms with E-state index >= 15 is 0 Å². The van der Waals surface area contributed by atoms with Crippen LogP contribution in [0.5, 0.6) is 0 Å². The predicted molar refractivity (Wildman–Crippen MR) is 7.84 cm³/mol. The molecule has 0 rings (SSSR count). The van der Waals surface area contributed by atoms with Gasteiger partial charge in [0, 0.05) is 33.6 Å². The molecule has 0 saturated heterocycles. The molecule has 0 aromatic carbocycles. The van der Waals surface area contributed by atoms with Crippen molar-refractivity contribution < 1.29 is 55.4 Å². The zero-order valence-corrected chi connectivity index (χ0v) is 6.63. The molecule has 0 aromatic rings. The first kappa shape index (κ1) is 27.8. The average molecular weight is 212 g/mol. The Kier molecular flexibility index (Phi) is 206. The molecule has 0 unspecified atom stereocenters. The van der Waals surface area contributed by atoms with E-state index in [0.717, 1.165) is 0 Å². The average Bonchev–Trinajstić information content (AvgIpc) is 1.00. The molecule has 0 atom stereocenters. The fourth-order valence-electron chi connectivity index (χ4n) is 0. The molecule has 1 nitrogen and oxygen atoms in total. The first-order valence-corrected chi connectivity index (χ1v) is 1.50. The standard InChI is InChI=1S/Cu.Li.Ni.O.Zn.H. The second-order valence-electron chi connectivity index (χ2n) is 0. The fraction of sp³-hybridized carbons (Fsp3) is 0. The molecule has 0 spiro atoms. The van der Waals surface area contributed by atoms with Crippen LogP contribution in [0.25, 0.3) is 0 Å². The molecule has 0 fully saturated rings. The topological polar surface area (TPSA) is 17.1 Å². The molecule has 1 radical (unpaired) electrons. The van der Waals surface area contributed by atoms with Crippen LogP contribution < -0.4 is 0 Å². The predicted octanol–water partition coefficient (Wildman–Crippen LogP) is -0.775. The maximum atomic E-state index is 8.38. The summed E-state index contributed by atoms with van der Waals surface area (Å²) in [5.74, 6) is 0. The summed E-state index contributed by atoms with van der Waals surface area (Å²) < 4.78 is 8.38. The Balaban J connectivity index is -0.00000000167. The molecule has 5 heteroatoms. The van der Waals surface area contributed by atoms with E-state index in [0.29, 0.717) is 0 Å². The molecule has 0 aliphatic heterocycles. The van der Waals surface area contributed by atoms with Crippen LogP contribution in [0.1, 0.15) is 0 Å². The second-order valence-corrected chi connectivity index (χ2v) is 0. The molecule has 31 valence electrons. The summed E-state index contributed by atoms with van der Waals surface area (Å²) in [4.78, 5) is 0. The number of hydrogen-bond donors (Lipinski definition) is 0. The van der Waals surface area contributed by atoms with Gasteiger partial charge in [-0.2, -0.15) is 0 Å².